The highest BCUT2D eigenvalue weighted by molar-refractivity contribution is 8.03. The fraction of sp³-hybridized carbons (Fsp3) is 0.727. The highest BCUT2D eigenvalue weighted by Crippen LogP contribution is 2.50. The Morgan fingerprint density at radius 2 is 1.64 bits per heavy atom. The molecule has 2 nitrogen and oxygen atoms in total. The van der Waals surface area contributed by atoms with Gasteiger partial charge >= 0.3 is 0 Å². The van der Waals surface area contributed by atoms with Gasteiger partial charge in [-0.25, -0.2) is 9.97 Å². The van der Waals surface area contributed by atoms with E-state index in [2.05, 4.69) is 49.7 Å². The molecule has 0 spiro atoms. The number of nitrogens with zero attached hydrogens (tertiary/aromatic N) is 2. The van der Waals surface area contributed by atoms with Gasteiger partial charge in [0.05, 0.1) is 10.9 Å². The second kappa shape index (κ2) is 11.0. The molecule has 0 radical (unpaired) electrons. The van der Waals surface area contributed by atoms with Crippen LogP contribution in [-0.2, 0) is 0 Å². The third-order valence-electron chi connectivity index (χ3n) is 5.01. The number of hydrogen-bond acceptors (Lipinski definition) is 3. The van der Waals surface area contributed by atoms with Gasteiger partial charge in [-0.2, -0.15) is 0 Å². The van der Waals surface area contributed by atoms with Gasteiger partial charge in [-0.3, -0.25) is 0 Å². The van der Waals surface area contributed by atoms with E-state index in [9.17, 15) is 0 Å². The van der Waals surface area contributed by atoms with E-state index >= 15 is 0 Å². The lowest BCUT2D eigenvalue weighted by Gasteiger charge is -2.19. The summed E-state index contributed by atoms with van der Waals surface area (Å²) in [5.41, 5.74) is 2.35. The predicted octanol–water partition coefficient (Wildman–Crippen LogP) is 7.32. The van der Waals surface area contributed by atoms with Crippen LogP contribution < -0.4 is 0 Å². The van der Waals surface area contributed by atoms with E-state index in [-0.39, 0.29) is 0 Å². The molecule has 0 aromatic carbocycles. The van der Waals surface area contributed by atoms with Gasteiger partial charge in [-0.1, -0.05) is 64.9 Å². The SMILES string of the molecule is CCCCCCC1=CC(CCCCCC)C(c2cc(C)nc(C)n2)S1. The second-order valence-corrected chi connectivity index (χ2v) is 8.74. The molecule has 0 bridgehead atoms. The zero-order valence-electron chi connectivity index (χ0n) is 16.7. The Kier molecular flexibility index (Phi) is 9.02. The average molecular weight is 361 g/mol. The Labute approximate surface area is 159 Å². The number of hydrogen-bond donors (Lipinski definition) is 0. The van der Waals surface area contributed by atoms with E-state index in [0.717, 1.165) is 11.5 Å². The summed E-state index contributed by atoms with van der Waals surface area (Å²) in [6.07, 6.45) is 15.9. The van der Waals surface area contributed by atoms with Gasteiger partial charge < -0.3 is 0 Å². The van der Waals surface area contributed by atoms with Crippen LogP contribution in [0.1, 0.15) is 101 Å². The first-order chi connectivity index (χ1) is 12.1. The smallest absolute Gasteiger partial charge is 0.125 e. The van der Waals surface area contributed by atoms with Crippen molar-refractivity contribution in [2.24, 2.45) is 5.92 Å². The molecule has 0 saturated heterocycles. The summed E-state index contributed by atoms with van der Waals surface area (Å²) in [6, 6.07) is 2.21. The van der Waals surface area contributed by atoms with Crippen LogP contribution in [0.25, 0.3) is 0 Å². The van der Waals surface area contributed by atoms with Crippen molar-refractivity contribution in [2.45, 2.75) is 97.2 Å². The van der Waals surface area contributed by atoms with E-state index in [4.69, 9.17) is 4.98 Å². The zero-order chi connectivity index (χ0) is 18.1. The molecule has 140 valence electrons. The second-order valence-electron chi connectivity index (χ2n) is 7.48. The summed E-state index contributed by atoms with van der Waals surface area (Å²) in [5, 5.41) is 0.503. The Balaban J connectivity index is 2.02. The highest BCUT2D eigenvalue weighted by Gasteiger charge is 2.30. The van der Waals surface area contributed by atoms with Crippen molar-refractivity contribution in [3.63, 3.8) is 0 Å². The van der Waals surface area contributed by atoms with Gasteiger partial charge in [0.1, 0.15) is 5.82 Å². The molecule has 2 unspecified atom stereocenters. The van der Waals surface area contributed by atoms with Crippen LogP contribution in [0.15, 0.2) is 17.0 Å². The van der Waals surface area contributed by atoms with Crippen LogP contribution in [0.5, 0.6) is 0 Å². The molecule has 3 heteroatoms. The minimum Gasteiger partial charge on any atom is -0.239 e. The first-order valence-corrected chi connectivity index (χ1v) is 11.2. The number of aryl methyl sites for hydroxylation is 2. The molecular weight excluding hydrogens is 324 g/mol. The summed E-state index contributed by atoms with van der Waals surface area (Å²) in [7, 11) is 0. The molecule has 1 aromatic rings. The quantitative estimate of drug-likeness (QED) is 0.386. The van der Waals surface area contributed by atoms with E-state index in [1.807, 2.05) is 6.92 Å². The lowest BCUT2D eigenvalue weighted by molar-refractivity contribution is 0.520. The van der Waals surface area contributed by atoms with Gasteiger partial charge in [0.25, 0.3) is 0 Å². The normalized spacial score (nSPS) is 20.1. The standard InChI is InChI=1S/C22H36N2S/c1-5-7-9-11-13-19-16-20(14-12-10-8-6-2)25-22(19)21-15-17(3)23-18(4)24-21/h15-16,19,22H,5-14H2,1-4H3. The minimum absolute atomic E-state index is 0.503. The maximum Gasteiger partial charge on any atom is 0.125 e. The lowest BCUT2D eigenvalue weighted by atomic mass is 9.94. The number of rotatable bonds is 11. The molecule has 2 rings (SSSR count). The summed E-state index contributed by atoms with van der Waals surface area (Å²) in [5.74, 6) is 1.56. The topological polar surface area (TPSA) is 25.8 Å². The van der Waals surface area contributed by atoms with Crippen molar-refractivity contribution >= 4 is 11.8 Å². The van der Waals surface area contributed by atoms with Crippen molar-refractivity contribution in [1.82, 2.24) is 9.97 Å². The van der Waals surface area contributed by atoms with Crippen molar-refractivity contribution in [1.29, 1.82) is 0 Å². The molecule has 1 aliphatic rings. The molecule has 0 amide bonds. The van der Waals surface area contributed by atoms with E-state index in [1.54, 1.807) is 4.91 Å². The molecule has 0 aliphatic carbocycles. The van der Waals surface area contributed by atoms with Crippen molar-refractivity contribution in [3.05, 3.63) is 34.3 Å². The summed E-state index contributed by atoms with van der Waals surface area (Å²) < 4.78 is 0. The third-order valence-corrected chi connectivity index (χ3v) is 6.50. The van der Waals surface area contributed by atoms with Crippen LogP contribution in [0, 0.1) is 19.8 Å². The summed E-state index contributed by atoms with van der Waals surface area (Å²) >= 11 is 2.08. The Morgan fingerprint density at radius 3 is 2.32 bits per heavy atom. The predicted molar refractivity (Wildman–Crippen MR) is 111 cm³/mol. The first-order valence-electron chi connectivity index (χ1n) is 10.3. The van der Waals surface area contributed by atoms with Crippen molar-refractivity contribution < 1.29 is 0 Å². The maximum absolute atomic E-state index is 4.79. The lowest BCUT2D eigenvalue weighted by Crippen LogP contribution is -2.08. The van der Waals surface area contributed by atoms with Crippen LogP contribution in [-0.4, -0.2) is 9.97 Å². The molecule has 0 fully saturated rings. The Hall–Kier alpha value is -0.830. The monoisotopic (exact) mass is 360 g/mol. The molecule has 1 aromatic heterocycles. The van der Waals surface area contributed by atoms with E-state index in [0.29, 0.717) is 11.2 Å². The molecule has 25 heavy (non-hydrogen) atoms. The van der Waals surface area contributed by atoms with Crippen LogP contribution in [0.3, 0.4) is 0 Å². The number of allylic oxidation sites excluding steroid dienone is 2. The zero-order valence-corrected chi connectivity index (χ0v) is 17.5. The van der Waals surface area contributed by atoms with Gasteiger partial charge in [0.15, 0.2) is 0 Å². The summed E-state index contributed by atoms with van der Waals surface area (Å²) in [6.45, 7) is 8.68. The molecule has 0 saturated carbocycles. The van der Waals surface area contributed by atoms with Crippen molar-refractivity contribution in [2.75, 3.05) is 0 Å². The van der Waals surface area contributed by atoms with Gasteiger partial charge in [0, 0.05) is 5.69 Å². The molecule has 0 N–H and O–H groups in total. The van der Waals surface area contributed by atoms with E-state index < -0.39 is 0 Å². The third kappa shape index (κ3) is 6.77. The van der Waals surface area contributed by atoms with Gasteiger partial charge in [-0.05, 0) is 50.0 Å². The highest BCUT2D eigenvalue weighted by atomic mass is 32.2. The largest absolute Gasteiger partial charge is 0.239 e. The average Bonchev–Trinajstić information content (AvgIpc) is 2.98. The number of thioether (sulfide) groups is 1. The van der Waals surface area contributed by atoms with Gasteiger partial charge in [0.2, 0.25) is 0 Å². The first kappa shape index (κ1) is 20.5. The summed E-state index contributed by atoms with van der Waals surface area (Å²) in [4.78, 5) is 10.9. The number of aromatic nitrogens is 2. The molecule has 2 atom stereocenters. The number of unbranched alkanes of at least 4 members (excludes halogenated alkanes) is 6. The maximum atomic E-state index is 4.79. The molecule has 2 heterocycles. The fourth-order valence-corrected chi connectivity index (χ4v) is 5.17. The Bertz CT molecular complexity index is 533. The van der Waals surface area contributed by atoms with Crippen LogP contribution in [0.4, 0.5) is 0 Å². The van der Waals surface area contributed by atoms with Crippen LogP contribution in [0.2, 0.25) is 0 Å². The molecular formula is C22H36N2S. The van der Waals surface area contributed by atoms with E-state index in [1.165, 1.54) is 69.9 Å². The van der Waals surface area contributed by atoms with Crippen LogP contribution >= 0.6 is 11.8 Å². The Morgan fingerprint density at radius 1 is 0.920 bits per heavy atom. The van der Waals surface area contributed by atoms with Gasteiger partial charge in [-0.15, -0.1) is 11.8 Å². The molecule has 1 aliphatic heterocycles. The van der Waals surface area contributed by atoms with Crippen molar-refractivity contribution in [3.8, 4) is 0 Å². The fourth-order valence-electron chi connectivity index (χ4n) is 3.70. The minimum atomic E-state index is 0.503.